The van der Waals surface area contributed by atoms with E-state index in [4.69, 9.17) is 10.8 Å². The fourth-order valence-corrected chi connectivity index (χ4v) is 2.38. The molecule has 1 atom stereocenters. The van der Waals surface area contributed by atoms with Crippen LogP contribution in [-0.2, 0) is 0 Å². The quantitative estimate of drug-likeness (QED) is 0.707. The van der Waals surface area contributed by atoms with Gasteiger partial charge in [-0.25, -0.2) is 4.98 Å². The highest BCUT2D eigenvalue weighted by Crippen LogP contribution is 2.25. The van der Waals surface area contributed by atoms with Crippen LogP contribution in [0.1, 0.15) is 19.8 Å². The number of hydrogen-bond acceptors (Lipinski definition) is 6. The molecule has 92 valence electrons. The van der Waals surface area contributed by atoms with Gasteiger partial charge in [-0.15, -0.1) is 11.3 Å². The Balaban J connectivity index is 2.04. The molecule has 0 amide bonds. The lowest BCUT2D eigenvalue weighted by Crippen LogP contribution is -2.08. The molecular formula is C11H16N4OS. The number of thiophene rings is 1. The first-order valence-corrected chi connectivity index (χ1v) is 6.47. The number of fused-ring (bicyclic) bond motifs is 1. The van der Waals surface area contributed by atoms with Crippen LogP contribution in [0.5, 0.6) is 0 Å². The Morgan fingerprint density at radius 2 is 2.35 bits per heavy atom. The first-order valence-electron chi connectivity index (χ1n) is 5.59. The van der Waals surface area contributed by atoms with Crippen molar-refractivity contribution in [2.45, 2.75) is 25.9 Å². The Bertz CT molecular complexity index is 497. The molecule has 0 spiro atoms. The van der Waals surface area contributed by atoms with Crippen molar-refractivity contribution >= 4 is 33.3 Å². The summed E-state index contributed by atoms with van der Waals surface area (Å²) in [6.07, 6.45) is 1.42. The highest BCUT2D eigenvalue weighted by atomic mass is 32.1. The van der Waals surface area contributed by atoms with E-state index in [9.17, 15) is 0 Å². The Morgan fingerprint density at radius 1 is 1.53 bits per heavy atom. The van der Waals surface area contributed by atoms with Crippen LogP contribution in [0.15, 0.2) is 11.4 Å². The summed E-state index contributed by atoms with van der Waals surface area (Å²) in [5.41, 5.74) is 5.64. The number of nitrogens with one attached hydrogen (secondary N) is 1. The zero-order valence-electron chi connectivity index (χ0n) is 9.68. The molecule has 0 aliphatic rings. The molecule has 0 aromatic carbocycles. The summed E-state index contributed by atoms with van der Waals surface area (Å²) in [5.74, 6) is 1.07. The number of nitrogen functional groups attached to an aromatic ring is 1. The molecule has 2 aromatic heterocycles. The molecule has 0 fully saturated rings. The van der Waals surface area contributed by atoms with Crippen LogP contribution in [-0.4, -0.2) is 27.7 Å². The van der Waals surface area contributed by atoms with Crippen molar-refractivity contribution in [1.82, 2.24) is 9.97 Å². The number of nitrogens with two attached hydrogens (primary N) is 1. The van der Waals surface area contributed by atoms with Crippen molar-refractivity contribution in [3.63, 3.8) is 0 Å². The highest BCUT2D eigenvalue weighted by molar-refractivity contribution is 7.16. The smallest absolute Gasteiger partial charge is 0.223 e. The predicted octanol–water partition coefficient (Wildman–Crippen LogP) is 1.85. The SMILES string of the molecule is CC(O)CCCNc1nc(N)nc2sccc12. The molecule has 17 heavy (non-hydrogen) atoms. The minimum absolute atomic E-state index is 0.256. The second-order valence-corrected chi connectivity index (χ2v) is 4.88. The summed E-state index contributed by atoms with van der Waals surface area (Å²) < 4.78 is 0. The third kappa shape index (κ3) is 3.04. The number of aliphatic hydroxyl groups is 1. The van der Waals surface area contributed by atoms with Gasteiger partial charge < -0.3 is 16.2 Å². The third-order valence-corrected chi connectivity index (χ3v) is 3.24. The van der Waals surface area contributed by atoms with Gasteiger partial charge in [-0.2, -0.15) is 4.98 Å². The summed E-state index contributed by atoms with van der Waals surface area (Å²) in [6, 6.07) is 1.98. The van der Waals surface area contributed by atoms with Crippen LogP contribution in [0, 0.1) is 0 Å². The second kappa shape index (κ2) is 5.29. The van der Waals surface area contributed by atoms with E-state index in [0.29, 0.717) is 0 Å². The lowest BCUT2D eigenvalue weighted by atomic mass is 10.2. The van der Waals surface area contributed by atoms with Crippen molar-refractivity contribution in [2.24, 2.45) is 0 Å². The molecule has 6 heteroatoms. The second-order valence-electron chi connectivity index (χ2n) is 3.99. The van der Waals surface area contributed by atoms with Gasteiger partial charge in [0, 0.05) is 6.54 Å². The van der Waals surface area contributed by atoms with Gasteiger partial charge in [0.2, 0.25) is 5.95 Å². The Morgan fingerprint density at radius 3 is 3.12 bits per heavy atom. The zero-order valence-corrected chi connectivity index (χ0v) is 10.5. The number of nitrogens with zero attached hydrogens (tertiary/aromatic N) is 2. The molecular weight excluding hydrogens is 236 g/mol. The molecule has 0 aliphatic heterocycles. The standard InChI is InChI=1S/C11H16N4OS/c1-7(16)3-2-5-13-9-8-4-6-17-10(8)15-11(12)14-9/h4,6-7,16H,2-3,5H2,1H3,(H3,12,13,14,15). The molecule has 4 N–H and O–H groups in total. The first kappa shape index (κ1) is 12.1. The van der Waals surface area contributed by atoms with E-state index in [0.717, 1.165) is 35.4 Å². The topological polar surface area (TPSA) is 84.1 Å². The van der Waals surface area contributed by atoms with Crippen molar-refractivity contribution in [3.8, 4) is 0 Å². The van der Waals surface area contributed by atoms with Gasteiger partial charge in [-0.05, 0) is 31.2 Å². The number of aromatic nitrogens is 2. The van der Waals surface area contributed by atoms with Gasteiger partial charge in [0.1, 0.15) is 10.6 Å². The normalized spacial score (nSPS) is 12.8. The maximum atomic E-state index is 9.16. The largest absolute Gasteiger partial charge is 0.393 e. The average molecular weight is 252 g/mol. The van der Waals surface area contributed by atoms with E-state index < -0.39 is 0 Å². The van der Waals surface area contributed by atoms with Crippen LogP contribution in [0.25, 0.3) is 10.2 Å². The fourth-order valence-electron chi connectivity index (χ4n) is 1.61. The van der Waals surface area contributed by atoms with E-state index >= 15 is 0 Å². The van der Waals surface area contributed by atoms with E-state index in [1.165, 1.54) is 0 Å². The Kier molecular flexibility index (Phi) is 3.75. The van der Waals surface area contributed by atoms with E-state index in [1.54, 1.807) is 18.3 Å². The molecule has 2 heterocycles. The van der Waals surface area contributed by atoms with E-state index in [2.05, 4.69) is 15.3 Å². The lowest BCUT2D eigenvalue weighted by Gasteiger charge is -2.08. The Hall–Kier alpha value is -1.40. The first-order chi connectivity index (χ1) is 8.16. The molecule has 2 aromatic rings. The maximum Gasteiger partial charge on any atom is 0.223 e. The molecule has 0 saturated heterocycles. The zero-order chi connectivity index (χ0) is 12.3. The van der Waals surface area contributed by atoms with Crippen molar-refractivity contribution < 1.29 is 5.11 Å². The average Bonchev–Trinajstić information content (AvgIpc) is 2.71. The number of anilines is 2. The monoisotopic (exact) mass is 252 g/mol. The van der Waals surface area contributed by atoms with Crippen molar-refractivity contribution in [1.29, 1.82) is 0 Å². The minimum Gasteiger partial charge on any atom is -0.393 e. The van der Waals surface area contributed by atoms with Crippen LogP contribution < -0.4 is 11.1 Å². The van der Waals surface area contributed by atoms with Crippen molar-refractivity contribution in [3.05, 3.63) is 11.4 Å². The molecule has 2 rings (SSSR count). The van der Waals surface area contributed by atoms with Gasteiger partial charge in [-0.3, -0.25) is 0 Å². The lowest BCUT2D eigenvalue weighted by molar-refractivity contribution is 0.183. The molecule has 0 bridgehead atoms. The van der Waals surface area contributed by atoms with Gasteiger partial charge >= 0.3 is 0 Å². The van der Waals surface area contributed by atoms with Gasteiger partial charge in [0.15, 0.2) is 0 Å². The van der Waals surface area contributed by atoms with Gasteiger partial charge in [0.25, 0.3) is 0 Å². The number of rotatable bonds is 5. The molecule has 0 radical (unpaired) electrons. The van der Waals surface area contributed by atoms with Gasteiger partial charge in [0.05, 0.1) is 11.5 Å². The number of hydrogen-bond donors (Lipinski definition) is 3. The summed E-state index contributed by atoms with van der Waals surface area (Å²) in [5, 5.41) is 15.4. The predicted molar refractivity (Wildman–Crippen MR) is 71.2 cm³/mol. The summed E-state index contributed by atoms with van der Waals surface area (Å²) in [7, 11) is 0. The summed E-state index contributed by atoms with van der Waals surface area (Å²) in [4.78, 5) is 9.25. The van der Waals surface area contributed by atoms with Crippen molar-refractivity contribution in [2.75, 3.05) is 17.6 Å². The molecule has 5 nitrogen and oxygen atoms in total. The summed E-state index contributed by atoms with van der Waals surface area (Å²) in [6.45, 7) is 2.56. The minimum atomic E-state index is -0.256. The Labute approximate surface area is 104 Å². The van der Waals surface area contributed by atoms with E-state index in [1.807, 2.05) is 11.4 Å². The van der Waals surface area contributed by atoms with E-state index in [-0.39, 0.29) is 12.1 Å². The summed E-state index contributed by atoms with van der Waals surface area (Å²) >= 11 is 1.55. The molecule has 0 aliphatic carbocycles. The van der Waals surface area contributed by atoms with Crippen LogP contribution >= 0.6 is 11.3 Å². The van der Waals surface area contributed by atoms with Crippen LogP contribution in [0.3, 0.4) is 0 Å². The highest BCUT2D eigenvalue weighted by Gasteiger charge is 2.06. The maximum absolute atomic E-state index is 9.16. The third-order valence-electron chi connectivity index (χ3n) is 2.43. The molecule has 1 unspecified atom stereocenters. The van der Waals surface area contributed by atoms with Gasteiger partial charge in [-0.1, -0.05) is 0 Å². The number of aliphatic hydroxyl groups excluding tert-OH is 1. The fraction of sp³-hybridized carbons (Fsp3) is 0.455. The van der Waals surface area contributed by atoms with Crippen LogP contribution in [0.2, 0.25) is 0 Å². The van der Waals surface area contributed by atoms with Crippen LogP contribution in [0.4, 0.5) is 11.8 Å². The molecule has 0 saturated carbocycles.